The van der Waals surface area contributed by atoms with Crippen LogP contribution in [0.4, 0.5) is 0 Å². The van der Waals surface area contributed by atoms with Crippen LogP contribution in [0, 0.1) is 0 Å². The Kier molecular flexibility index (Phi) is 4.02. The number of phenols is 1. The van der Waals surface area contributed by atoms with Crippen molar-refractivity contribution in [3.8, 4) is 5.75 Å². The molecule has 1 aliphatic rings. The molecular formula is C14H22N2O. The van der Waals surface area contributed by atoms with Crippen molar-refractivity contribution in [3.05, 3.63) is 29.8 Å². The molecule has 1 aromatic carbocycles. The first-order valence-electron chi connectivity index (χ1n) is 6.42. The molecule has 0 radical (unpaired) electrons. The third-order valence-electron chi connectivity index (χ3n) is 3.52. The van der Waals surface area contributed by atoms with Gasteiger partial charge in [0.05, 0.1) is 0 Å². The molecule has 0 bridgehead atoms. The summed E-state index contributed by atoms with van der Waals surface area (Å²) in [5.41, 5.74) is 1.05. The van der Waals surface area contributed by atoms with Gasteiger partial charge in [-0.05, 0) is 31.9 Å². The number of hydrogen-bond acceptors (Lipinski definition) is 3. The molecule has 0 aromatic heterocycles. The highest BCUT2D eigenvalue weighted by molar-refractivity contribution is 5.31. The van der Waals surface area contributed by atoms with E-state index in [0.717, 1.165) is 31.6 Å². The normalized spacial score (nSPS) is 16.5. The van der Waals surface area contributed by atoms with Crippen molar-refractivity contribution in [1.29, 1.82) is 0 Å². The number of nitrogens with zero attached hydrogens (tertiary/aromatic N) is 1. The summed E-state index contributed by atoms with van der Waals surface area (Å²) in [6, 6.07) is 8.86. The summed E-state index contributed by atoms with van der Waals surface area (Å²) in [5.74, 6) is 0.419. The molecule has 1 aliphatic heterocycles. The van der Waals surface area contributed by atoms with Gasteiger partial charge < -0.3 is 10.4 Å². The second-order valence-corrected chi connectivity index (χ2v) is 5.02. The van der Waals surface area contributed by atoms with Crippen molar-refractivity contribution in [2.45, 2.75) is 32.4 Å². The Labute approximate surface area is 103 Å². The van der Waals surface area contributed by atoms with Gasteiger partial charge in [0.25, 0.3) is 0 Å². The molecule has 1 fully saturated rings. The minimum Gasteiger partial charge on any atom is -0.508 e. The number of rotatable bonds is 5. The van der Waals surface area contributed by atoms with E-state index in [1.54, 1.807) is 6.07 Å². The Morgan fingerprint density at radius 3 is 2.59 bits per heavy atom. The number of para-hydroxylation sites is 1. The van der Waals surface area contributed by atoms with E-state index in [9.17, 15) is 5.11 Å². The van der Waals surface area contributed by atoms with E-state index in [1.807, 2.05) is 18.2 Å². The molecule has 3 heteroatoms. The van der Waals surface area contributed by atoms with Crippen molar-refractivity contribution in [1.82, 2.24) is 10.2 Å². The van der Waals surface area contributed by atoms with Gasteiger partial charge in [-0.3, -0.25) is 4.90 Å². The third kappa shape index (κ3) is 2.99. The van der Waals surface area contributed by atoms with E-state index in [1.165, 1.54) is 0 Å². The topological polar surface area (TPSA) is 35.5 Å². The van der Waals surface area contributed by atoms with Gasteiger partial charge in [0, 0.05) is 31.7 Å². The summed E-state index contributed by atoms with van der Waals surface area (Å²) in [7, 11) is 0. The SMILES string of the molecule is CC(C)N(CCc1ccccc1O)C1CNC1. The zero-order valence-electron chi connectivity index (χ0n) is 10.7. The Morgan fingerprint density at radius 2 is 2.06 bits per heavy atom. The van der Waals surface area contributed by atoms with Crippen molar-refractivity contribution in [3.63, 3.8) is 0 Å². The largest absolute Gasteiger partial charge is 0.508 e. The van der Waals surface area contributed by atoms with Crippen molar-refractivity contribution >= 4 is 0 Å². The molecule has 0 atom stereocenters. The van der Waals surface area contributed by atoms with Crippen molar-refractivity contribution < 1.29 is 5.11 Å². The molecule has 94 valence electrons. The molecule has 1 saturated heterocycles. The van der Waals surface area contributed by atoms with Gasteiger partial charge in [0.15, 0.2) is 0 Å². The average molecular weight is 234 g/mol. The summed E-state index contributed by atoms with van der Waals surface area (Å²) in [6.45, 7) is 7.69. The molecule has 0 unspecified atom stereocenters. The lowest BCUT2D eigenvalue weighted by atomic mass is 10.1. The molecule has 17 heavy (non-hydrogen) atoms. The summed E-state index contributed by atoms with van der Waals surface area (Å²) in [5, 5.41) is 13.1. The van der Waals surface area contributed by atoms with Crippen molar-refractivity contribution in [2.75, 3.05) is 19.6 Å². The predicted molar refractivity (Wildman–Crippen MR) is 70.3 cm³/mol. The number of phenolic OH excluding ortho intramolecular Hbond substituents is 1. The van der Waals surface area contributed by atoms with Crippen LogP contribution in [0.5, 0.6) is 5.75 Å². The summed E-state index contributed by atoms with van der Waals surface area (Å²) < 4.78 is 0. The molecule has 1 aromatic rings. The van der Waals surface area contributed by atoms with E-state index < -0.39 is 0 Å². The summed E-state index contributed by atoms with van der Waals surface area (Å²) in [6.07, 6.45) is 0.918. The molecule has 0 saturated carbocycles. The van der Waals surface area contributed by atoms with Gasteiger partial charge in [0.1, 0.15) is 5.75 Å². The van der Waals surface area contributed by atoms with Crippen LogP contribution >= 0.6 is 0 Å². The first kappa shape index (κ1) is 12.4. The fourth-order valence-electron chi connectivity index (χ4n) is 2.34. The minimum absolute atomic E-state index is 0.419. The van der Waals surface area contributed by atoms with Crippen LogP contribution in [0.15, 0.2) is 24.3 Å². The number of nitrogens with one attached hydrogen (secondary N) is 1. The summed E-state index contributed by atoms with van der Waals surface area (Å²) >= 11 is 0. The maximum absolute atomic E-state index is 9.74. The zero-order valence-corrected chi connectivity index (χ0v) is 10.7. The quantitative estimate of drug-likeness (QED) is 0.812. The molecule has 1 heterocycles. The maximum atomic E-state index is 9.74. The van der Waals surface area contributed by atoms with Crippen LogP contribution in [0.2, 0.25) is 0 Å². The van der Waals surface area contributed by atoms with E-state index >= 15 is 0 Å². The Bertz CT molecular complexity index is 361. The lowest BCUT2D eigenvalue weighted by Crippen LogP contribution is -2.59. The van der Waals surface area contributed by atoms with E-state index in [-0.39, 0.29) is 0 Å². The Morgan fingerprint density at radius 1 is 1.35 bits per heavy atom. The first-order valence-corrected chi connectivity index (χ1v) is 6.42. The zero-order chi connectivity index (χ0) is 12.3. The average Bonchev–Trinajstić information content (AvgIpc) is 2.23. The monoisotopic (exact) mass is 234 g/mol. The number of aromatic hydroxyl groups is 1. The molecule has 0 amide bonds. The molecule has 0 aliphatic carbocycles. The standard InChI is InChI=1S/C14H22N2O/c1-11(2)16(13-9-15-10-13)8-7-12-5-3-4-6-14(12)17/h3-6,11,13,15,17H,7-10H2,1-2H3. The van der Waals surface area contributed by atoms with Gasteiger partial charge >= 0.3 is 0 Å². The lowest BCUT2D eigenvalue weighted by molar-refractivity contribution is 0.112. The van der Waals surface area contributed by atoms with Gasteiger partial charge in [-0.25, -0.2) is 0 Å². The van der Waals surface area contributed by atoms with Crippen LogP contribution in [-0.2, 0) is 6.42 Å². The van der Waals surface area contributed by atoms with Crippen molar-refractivity contribution in [2.24, 2.45) is 0 Å². The summed E-state index contributed by atoms with van der Waals surface area (Å²) in [4.78, 5) is 2.52. The highest BCUT2D eigenvalue weighted by Crippen LogP contribution is 2.18. The molecule has 3 nitrogen and oxygen atoms in total. The van der Waals surface area contributed by atoms with Crippen LogP contribution in [0.3, 0.4) is 0 Å². The third-order valence-corrected chi connectivity index (χ3v) is 3.52. The van der Waals surface area contributed by atoms with Gasteiger partial charge in [-0.2, -0.15) is 0 Å². The number of benzene rings is 1. The minimum atomic E-state index is 0.419. The molecular weight excluding hydrogens is 212 g/mol. The fraction of sp³-hybridized carbons (Fsp3) is 0.571. The van der Waals surface area contributed by atoms with Gasteiger partial charge in [-0.15, -0.1) is 0 Å². The lowest BCUT2D eigenvalue weighted by Gasteiger charge is -2.41. The van der Waals surface area contributed by atoms with E-state index in [0.29, 0.717) is 17.8 Å². The second kappa shape index (κ2) is 5.52. The molecule has 2 rings (SSSR count). The van der Waals surface area contributed by atoms with E-state index in [2.05, 4.69) is 24.1 Å². The maximum Gasteiger partial charge on any atom is 0.118 e. The van der Waals surface area contributed by atoms with Crippen LogP contribution < -0.4 is 5.32 Å². The second-order valence-electron chi connectivity index (χ2n) is 5.02. The smallest absolute Gasteiger partial charge is 0.118 e. The van der Waals surface area contributed by atoms with Crippen LogP contribution in [0.25, 0.3) is 0 Å². The fourth-order valence-corrected chi connectivity index (χ4v) is 2.34. The van der Waals surface area contributed by atoms with E-state index in [4.69, 9.17) is 0 Å². The van der Waals surface area contributed by atoms with Crippen LogP contribution in [0.1, 0.15) is 19.4 Å². The molecule has 0 spiro atoms. The van der Waals surface area contributed by atoms with Gasteiger partial charge in [-0.1, -0.05) is 18.2 Å². The van der Waals surface area contributed by atoms with Gasteiger partial charge in [0.2, 0.25) is 0 Å². The Balaban J connectivity index is 1.93. The predicted octanol–water partition coefficient (Wildman–Crippen LogP) is 1.62. The highest BCUT2D eigenvalue weighted by atomic mass is 16.3. The highest BCUT2D eigenvalue weighted by Gasteiger charge is 2.26. The number of hydrogen-bond donors (Lipinski definition) is 2. The van der Waals surface area contributed by atoms with Crippen LogP contribution in [-0.4, -0.2) is 41.7 Å². The molecule has 2 N–H and O–H groups in total. The Hall–Kier alpha value is -1.06. The first-order chi connectivity index (χ1) is 8.18.